The molecule has 0 fully saturated rings. The summed E-state index contributed by atoms with van der Waals surface area (Å²) in [7, 11) is 1.45. The molecule has 9 heteroatoms. The van der Waals surface area contributed by atoms with Gasteiger partial charge in [0.05, 0.1) is 6.61 Å². The Balaban J connectivity index is -0.0000000412. The number of carbonyl (C=O) groups excluding carboxylic acids is 2. The fourth-order valence-corrected chi connectivity index (χ4v) is 0. The smallest absolute Gasteiger partial charge is 0.550 e. The van der Waals surface area contributed by atoms with E-state index in [-0.39, 0.29) is 26.1 Å². The predicted molar refractivity (Wildman–Crippen MR) is 56.2 cm³/mol. The standard InChI is InChI=1S/C3H8O2.C2H7NO.2C2H4O2.Zn/c1-3(4)5-2;3-1-2-4;2*1-2(3)4;/h3-4H,1-2H3;4H,1-3H2;2*1H3,(H,3,4);/q;;;;+2/p-2. The number of rotatable bonds is 2. The van der Waals surface area contributed by atoms with Crippen molar-refractivity contribution in [1.29, 1.82) is 0 Å². The van der Waals surface area contributed by atoms with E-state index in [1.807, 2.05) is 0 Å². The largest absolute Gasteiger partial charge is 2.00 e. The molecule has 0 bridgehead atoms. The SMILES string of the molecule is CC(=O)[O-].CC(=O)[O-].COC(C)O.NCCO.[Zn+2]. The van der Waals surface area contributed by atoms with E-state index in [0.717, 1.165) is 13.8 Å². The van der Waals surface area contributed by atoms with Crippen molar-refractivity contribution in [3.63, 3.8) is 0 Å². The molecule has 0 spiro atoms. The average molecular weight is 321 g/mol. The molecule has 0 saturated heterocycles. The summed E-state index contributed by atoms with van der Waals surface area (Å²) in [5, 5.41) is 33.7. The van der Waals surface area contributed by atoms with E-state index in [1.165, 1.54) is 7.11 Å². The summed E-state index contributed by atoms with van der Waals surface area (Å²) in [5.74, 6) is -2.17. The minimum absolute atomic E-state index is 0. The van der Waals surface area contributed by atoms with E-state index in [1.54, 1.807) is 6.92 Å². The van der Waals surface area contributed by atoms with Gasteiger partial charge in [-0.05, 0) is 20.8 Å². The molecular weight excluding hydrogens is 299 g/mol. The molecule has 0 aliphatic heterocycles. The summed E-state index contributed by atoms with van der Waals surface area (Å²) in [6.45, 7) is 3.97. The Morgan fingerprint density at radius 2 is 1.39 bits per heavy atom. The van der Waals surface area contributed by atoms with Crippen LogP contribution in [0.15, 0.2) is 0 Å². The average Bonchev–Trinajstić information content (AvgIpc) is 2.16. The van der Waals surface area contributed by atoms with Gasteiger partial charge in [-0.25, -0.2) is 0 Å². The molecule has 18 heavy (non-hydrogen) atoms. The van der Waals surface area contributed by atoms with Crippen molar-refractivity contribution in [2.45, 2.75) is 27.1 Å². The molecule has 1 unspecified atom stereocenters. The molecule has 0 heterocycles. The normalized spacial score (nSPS) is 8.61. The Hall–Kier alpha value is -0.597. The van der Waals surface area contributed by atoms with Crippen LogP contribution in [-0.4, -0.2) is 48.7 Å². The van der Waals surface area contributed by atoms with Crippen LogP contribution in [0.4, 0.5) is 0 Å². The van der Waals surface area contributed by atoms with Crippen LogP contribution >= 0.6 is 0 Å². The van der Waals surface area contributed by atoms with Crippen LogP contribution in [0.2, 0.25) is 0 Å². The first kappa shape index (κ1) is 30.4. The quantitative estimate of drug-likeness (QED) is 0.348. The van der Waals surface area contributed by atoms with Crippen LogP contribution in [-0.2, 0) is 33.8 Å². The number of aliphatic carboxylic acids is 2. The summed E-state index contributed by atoms with van der Waals surface area (Å²) < 4.78 is 4.31. The molecule has 0 radical (unpaired) electrons. The van der Waals surface area contributed by atoms with E-state index in [0.29, 0.717) is 6.54 Å². The topological polar surface area (TPSA) is 156 Å². The van der Waals surface area contributed by atoms with E-state index >= 15 is 0 Å². The number of ether oxygens (including phenoxy) is 1. The first-order valence-corrected chi connectivity index (χ1v) is 4.52. The molecule has 0 aliphatic carbocycles. The Morgan fingerprint density at radius 1 is 1.28 bits per heavy atom. The van der Waals surface area contributed by atoms with Crippen LogP contribution in [0.5, 0.6) is 0 Å². The second kappa shape index (κ2) is 29.9. The van der Waals surface area contributed by atoms with Gasteiger partial charge in [-0.2, -0.15) is 0 Å². The number of carboxylic acid groups (broad SMARTS) is 2. The maximum Gasteiger partial charge on any atom is 2.00 e. The van der Waals surface area contributed by atoms with Gasteiger partial charge in [0.15, 0.2) is 6.29 Å². The van der Waals surface area contributed by atoms with Crippen LogP contribution in [0, 0.1) is 0 Å². The Labute approximate surface area is 120 Å². The molecule has 0 rings (SSSR count). The summed E-state index contributed by atoms with van der Waals surface area (Å²) in [6, 6.07) is 0. The number of carbonyl (C=O) groups is 2. The number of aliphatic hydroxyl groups is 2. The molecule has 1 atom stereocenters. The van der Waals surface area contributed by atoms with Crippen molar-refractivity contribution < 1.29 is 54.2 Å². The van der Waals surface area contributed by atoms with Crippen LogP contribution in [0.3, 0.4) is 0 Å². The second-order valence-electron chi connectivity index (χ2n) is 2.33. The minimum Gasteiger partial charge on any atom is -0.550 e. The van der Waals surface area contributed by atoms with E-state index in [4.69, 9.17) is 35.7 Å². The summed E-state index contributed by atoms with van der Waals surface area (Å²) in [6.07, 6.45) is -0.616. The third kappa shape index (κ3) is 553. The van der Waals surface area contributed by atoms with Crippen LogP contribution in [0.1, 0.15) is 20.8 Å². The van der Waals surface area contributed by atoms with E-state index < -0.39 is 18.2 Å². The predicted octanol–water partition coefficient (Wildman–Crippen LogP) is -3.58. The van der Waals surface area contributed by atoms with Crippen molar-refractivity contribution in [3.8, 4) is 0 Å². The fourth-order valence-electron chi connectivity index (χ4n) is 0. The van der Waals surface area contributed by atoms with Crippen molar-refractivity contribution >= 4 is 11.9 Å². The maximum absolute atomic E-state index is 8.89. The second-order valence-corrected chi connectivity index (χ2v) is 2.33. The monoisotopic (exact) mass is 319 g/mol. The van der Waals surface area contributed by atoms with Crippen molar-refractivity contribution in [2.75, 3.05) is 20.3 Å². The van der Waals surface area contributed by atoms with Crippen molar-refractivity contribution in [1.82, 2.24) is 0 Å². The Morgan fingerprint density at radius 3 is 1.39 bits per heavy atom. The number of nitrogens with two attached hydrogens (primary N) is 1. The zero-order valence-electron chi connectivity index (χ0n) is 11.2. The van der Waals surface area contributed by atoms with Gasteiger partial charge in [-0.15, -0.1) is 0 Å². The van der Waals surface area contributed by atoms with Gasteiger partial charge >= 0.3 is 19.5 Å². The molecule has 0 amide bonds. The molecule has 0 saturated carbocycles. The van der Waals surface area contributed by atoms with Crippen molar-refractivity contribution in [3.05, 3.63) is 0 Å². The summed E-state index contributed by atoms with van der Waals surface area (Å²) in [5.41, 5.74) is 4.78. The molecule has 0 aromatic carbocycles. The molecular formula is C9H21NO7Zn. The molecule has 106 valence electrons. The first-order valence-electron chi connectivity index (χ1n) is 4.52. The number of hydrogen-bond donors (Lipinski definition) is 3. The number of aliphatic hydroxyl groups excluding tert-OH is 2. The van der Waals surface area contributed by atoms with Gasteiger partial charge in [0.2, 0.25) is 0 Å². The Kier molecular flexibility index (Phi) is 50.6. The molecule has 0 aliphatic rings. The minimum atomic E-state index is -1.08. The maximum atomic E-state index is 8.89. The van der Waals surface area contributed by atoms with Gasteiger partial charge in [0, 0.05) is 25.6 Å². The first-order chi connectivity index (χ1) is 7.65. The van der Waals surface area contributed by atoms with Crippen molar-refractivity contribution in [2.24, 2.45) is 5.73 Å². The number of hydrogen-bond acceptors (Lipinski definition) is 8. The van der Waals surface area contributed by atoms with Gasteiger partial charge in [0.25, 0.3) is 0 Å². The third-order valence-electron chi connectivity index (χ3n) is 0.470. The zero-order chi connectivity index (χ0) is 14.9. The summed E-state index contributed by atoms with van der Waals surface area (Å²) in [4.78, 5) is 17.8. The van der Waals surface area contributed by atoms with E-state index in [2.05, 4.69) is 4.74 Å². The van der Waals surface area contributed by atoms with Gasteiger partial charge in [-0.3, -0.25) is 0 Å². The van der Waals surface area contributed by atoms with Gasteiger partial charge < -0.3 is 40.5 Å². The zero-order valence-corrected chi connectivity index (χ0v) is 14.2. The van der Waals surface area contributed by atoms with Crippen LogP contribution < -0.4 is 15.9 Å². The molecule has 8 nitrogen and oxygen atoms in total. The van der Waals surface area contributed by atoms with Gasteiger partial charge in [0.1, 0.15) is 0 Å². The number of methoxy groups -OCH3 is 1. The van der Waals surface area contributed by atoms with Gasteiger partial charge in [-0.1, -0.05) is 0 Å². The van der Waals surface area contributed by atoms with E-state index in [9.17, 15) is 0 Å². The van der Waals surface area contributed by atoms with Crippen LogP contribution in [0.25, 0.3) is 0 Å². The molecule has 0 aromatic rings. The fraction of sp³-hybridized carbons (Fsp3) is 0.778. The summed E-state index contributed by atoms with van der Waals surface area (Å²) >= 11 is 0. The third-order valence-corrected chi connectivity index (χ3v) is 0.470. The molecule has 0 aromatic heterocycles. The number of carboxylic acids is 2. The molecule has 4 N–H and O–H groups in total. The Bertz CT molecular complexity index is 145.